The Labute approximate surface area is 66.5 Å². The lowest BCUT2D eigenvalue weighted by Crippen LogP contribution is -1.78. The summed E-state index contributed by atoms with van der Waals surface area (Å²) in [5.41, 5.74) is 1.51. The second kappa shape index (κ2) is 6.34. The predicted octanol–water partition coefficient (Wildman–Crippen LogP) is 3.52. The molecule has 0 saturated carbocycles. The molecule has 0 atom stereocenters. The van der Waals surface area contributed by atoms with E-state index in [0.29, 0.717) is 0 Å². The van der Waals surface area contributed by atoms with Gasteiger partial charge in [-0.15, -0.1) is 0 Å². The third-order valence-electron chi connectivity index (χ3n) is 1.45. The quantitative estimate of drug-likeness (QED) is 0.362. The van der Waals surface area contributed by atoms with Crippen molar-refractivity contribution in [2.45, 2.75) is 33.1 Å². The summed E-state index contributed by atoms with van der Waals surface area (Å²) < 4.78 is 0. The molecule has 0 aliphatic heterocycles. The lowest BCUT2D eigenvalue weighted by molar-refractivity contribution is 0.796. The highest BCUT2D eigenvalue weighted by Gasteiger charge is 1.87. The molecule has 0 fully saturated rings. The van der Waals surface area contributed by atoms with E-state index in [1.54, 1.807) is 0 Å². The molecular weight excluding hydrogens is 176 g/mol. The fraction of sp³-hybridized carbons (Fsp3) is 0.750. The summed E-state index contributed by atoms with van der Waals surface area (Å²) in [6.45, 7) is 4.29. The van der Waals surface area contributed by atoms with Gasteiger partial charge < -0.3 is 0 Å². The fourth-order valence-corrected chi connectivity index (χ4v) is 1.04. The largest absolute Gasteiger partial charge is 0.0928 e. The Kier molecular flexibility index (Phi) is 6.50. The zero-order valence-corrected chi connectivity index (χ0v) is 7.87. The van der Waals surface area contributed by atoms with Gasteiger partial charge in [-0.1, -0.05) is 27.6 Å². The van der Waals surface area contributed by atoms with E-state index in [2.05, 4.69) is 35.9 Å². The minimum absolute atomic E-state index is 1.14. The number of halogens is 1. The number of hydrogen-bond donors (Lipinski definition) is 0. The van der Waals surface area contributed by atoms with E-state index in [9.17, 15) is 0 Å². The van der Waals surface area contributed by atoms with E-state index in [0.717, 1.165) is 5.33 Å². The van der Waals surface area contributed by atoms with Gasteiger partial charge in [-0.25, -0.2) is 0 Å². The second-order valence-corrected chi connectivity index (χ2v) is 3.07. The first-order valence-corrected chi connectivity index (χ1v) is 4.61. The molecule has 0 aromatic heterocycles. The van der Waals surface area contributed by atoms with Crippen molar-refractivity contribution in [3.63, 3.8) is 0 Å². The van der Waals surface area contributed by atoms with Crippen molar-refractivity contribution in [2.24, 2.45) is 0 Å². The summed E-state index contributed by atoms with van der Waals surface area (Å²) in [4.78, 5) is 0. The van der Waals surface area contributed by atoms with E-state index in [1.807, 2.05) is 0 Å². The number of alkyl halides is 1. The van der Waals surface area contributed by atoms with Gasteiger partial charge in [-0.05, 0) is 33.1 Å². The first kappa shape index (κ1) is 9.22. The smallest absolute Gasteiger partial charge is 0.00314 e. The van der Waals surface area contributed by atoms with Crippen LogP contribution < -0.4 is 0 Å². The van der Waals surface area contributed by atoms with Gasteiger partial charge in [-0.3, -0.25) is 0 Å². The van der Waals surface area contributed by atoms with Gasteiger partial charge in [0, 0.05) is 5.33 Å². The van der Waals surface area contributed by atoms with Crippen molar-refractivity contribution in [1.82, 2.24) is 0 Å². The highest BCUT2D eigenvalue weighted by molar-refractivity contribution is 9.09. The third-order valence-corrected chi connectivity index (χ3v) is 2.01. The second-order valence-electron chi connectivity index (χ2n) is 2.28. The summed E-state index contributed by atoms with van der Waals surface area (Å²) in [6, 6.07) is 0. The number of hydrogen-bond acceptors (Lipinski definition) is 0. The minimum Gasteiger partial charge on any atom is -0.0928 e. The fourth-order valence-electron chi connectivity index (χ4n) is 0.643. The summed E-state index contributed by atoms with van der Waals surface area (Å²) in [6.07, 6.45) is 6.07. The molecule has 0 saturated heterocycles. The standard InChI is InChI=1S/C8H15Br/c1-3-8(2)6-4-5-7-9/h3H,4-7H2,1-2H3/b8-3-. The molecule has 9 heavy (non-hydrogen) atoms. The summed E-state index contributed by atoms with van der Waals surface area (Å²) >= 11 is 3.40. The number of unbranched alkanes of at least 4 members (excludes halogenated alkanes) is 1. The lowest BCUT2D eigenvalue weighted by Gasteiger charge is -1.96. The van der Waals surface area contributed by atoms with Gasteiger partial charge in [0.2, 0.25) is 0 Å². The topological polar surface area (TPSA) is 0 Å². The Morgan fingerprint density at radius 1 is 1.44 bits per heavy atom. The molecule has 0 aliphatic rings. The molecule has 0 bridgehead atoms. The molecule has 1 heteroatoms. The average molecular weight is 191 g/mol. The Morgan fingerprint density at radius 2 is 2.11 bits per heavy atom. The van der Waals surface area contributed by atoms with Gasteiger partial charge in [-0.2, -0.15) is 0 Å². The Balaban J connectivity index is 3.07. The Morgan fingerprint density at radius 3 is 2.56 bits per heavy atom. The SMILES string of the molecule is C/C=C(/C)CCCCBr. The van der Waals surface area contributed by atoms with Gasteiger partial charge in [0.15, 0.2) is 0 Å². The first-order chi connectivity index (χ1) is 4.31. The summed E-state index contributed by atoms with van der Waals surface area (Å²) in [5, 5.41) is 1.14. The highest BCUT2D eigenvalue weighted by atomic mass is 79.9. The van der Waals surface area contributed by atoms with Crippen molar-refractivity contribution < 1.29 is 0 Å². The maximum atomic E-state index is 3.40. The van der Waals surface area contributed by atoms with Crippen LogP contribution in [0.1, 0.15) is 33.1 Å². The molecule has 0 radical (unpaired) electrons. The Hall–Kier alpha value is 0.220. The first-order valence-electron chi connectivity index (χ1n) is 3.49. The number of rotatable bonds is 4. The molecule has 0 aromatic rings. The van der Waals surface area contributed by atoms with E-state index < -0.39 is 0 Å². The molecule has 0 unspecified atom stereocenters. The number of allylic oxidation sites excluding steroid dienone is 2. The van der Waals surface area contributed by atoms with Crippen LogP contribution in [0.25, 0.3) is 0 Å². The van der Waals surface area contributed by atoms with Crippen LogP contribution in [0.3, 0.4) is 0 Å². The zero-order valence-electron chi connectivity index (χ0n) is 6.28. The molecule has 0 nitrogen and oxygen atoms in total. The monoisotopic (exact) mass is 190 g/mol. The lowest BCUT2D eigenvalue weighted by atomic mass is 10.1. The molecular formula is C8H15Br. The average Bonchev–Trinajstić information content (AvgIpc) is 1.89. The van der Waals surface area contributed by atoms with Crippen LogP contribution in [-0.4, -0.2) is 5.33 Å². The summed E-state index contributed by atoms with van der Waals surface area (Å²) in [7, 11) is 0. The minimum atomic E-state index is 1.14. The van der Waals surface area contributed by atoms with E-state index >= 15 is 0 Å². The molecule has 0 rings (SSSR count). The van der Waals surface area contributed by atoms with Gasteiger partial charge in [0.1, 0.15) is 0 Å². The zero-order chi connectivity index (χ0) is 7.11. The molecule has 0 amide bonds. The van der Waals surface area contributed by atoms with Crippen molar-refractivity contribution in [1.29, 1.82) is 0 Å². The van der Waals surface area contributed by atoms with Gasteiger partial charge in [0.05, 0.1) is 0 Å². The maximum Gasteiger partial charge on any atom is 0.00314 e. The van der Waals surface area contributed by atoms with Crippen molar-refractivity contribution in [2.75, 3.05) is 5.33 Å². The Bertz CT molecular complexity index is 84.6. The van der Waals surface area contributed by atoms with E-state index in [1.165, 1.54) is 24.8 Å². The van der Waals surface area contributed by atoms with Gasteiger partial charge in [0.25, 0.3) is 0 Å². The molecule has 0 heterocycles. The molecule has 0 N–H and O–H groups in total. The summed E-state index contributed by atoms with van der Waals surface area (Å²) in [5.74, 6) is 0. The van der Waals surface area contributed by atoms with Crippen LogP contribution in [0.2, 0.25) is 0 Å². The van der Waals surface area contributed by atoms with Crippen molar-refractivity contribution in [3.8, 4) is 0 Å². The molecule has 0 aliphatic carbocycles. The van der Waals surface area contributed by atoms with Crippen molar-refractivity contribution in [3.05, 3.63) is 11.6 Å². The van der Waals surface area contributed by atoms with Crippen LogP contribution in [0.15, 0.2) is 11.6 Å². The third kappa shape index (κ3) is 6.10. The van der Waals surface area contributed by atoms with Crippen LogP contribution in [0.4, 0.5) is 0 Å². The van der Waals surface area contributed by atoms with E-state index in [4.69, 9.17) is 0 Å². The molecule has 0 spiro atoms. The molecule has 54 valence electrons. The van der Waals surface area contributed by atoms with E-state index in [-0.39, 0.29) is 0 Å². The normalized spacial score (nSPS) is 12.1. The van der Waals surface area contributed by atoms with Crippen LogP contribution in [0.5, 0.6) is 0 Å². The van der Waals surface area contributed by atoms with Crippen LogP contribution in [0, 0.1) is 0 Å². The van der Waals surface area contributed by atoms with Crippen LogP contribution in [-0.2, 0) is 0 Å². The van der Waals surface area contributed by atoms with Crippen molar-refractivity contribution >= 4 is 15.9 Å². The van der Waals surface area contributed by atoms with Crippen LogP contribution >= 0.6 is 15.9 Å². The van der Waals surface area contributed by atoms with Gasteiger partial charge >= 0.3 is 0 Å². The molecule has 0 aromatic carbocycles. The predicted molar refractivity (Wildman–Crippen MR) is 47.1 cm³/mol. The highest BCUT2D eigenvalue weighted by Crippen LogP contribution is 2.06. The maximum absolute atomic E-state index is 3.40.